The molecule has 0 aliphatic rings. The number of aryl methyl sites for hydroxylation is 1. The zero-order chi connectivity index (χ0) is 15.1. The number of anilines is 1. The van der Waals surface area contributed by atoms with Crippen LogP contribution in [0.15, 0.2) is 36.5 Å². The number of nitrogens with zero attached hydrogens (tertiary/aromatic N) is 2. The average Bonchev–Trinajstić information content (AvgIpc) is 2.93. The molecule has 0 spiro atoms. The fourth-order valence-electron chi connectivity index (χ4n) is 1.98. The summed E-state index contributed by atoms with van der Waals surface area (Å²) in [4.78, 5) is 10.7. The van der Waals surface area contributed by atoms with Crippen molar-refractivity contribution in [3.05, 3.63) is 42.2 Å². The fourth-order valence-corrected chi connectivity index (χ4v) is 1.98. The summed E-state index contributed by atoms with van der Waals surface area (Å²) in [5.41, 5.74) is 7.09. The van der Waals surface area contributed by atoms with E-state index in [9.17, 15) is 4.79 Å². The summed E-state index contributed by atoms with van der Waals surface area (Å²) in [6.07, 6.45) is 1.99. The summed E-state index contributed by atoms with van der Waals surface area (Å²) in [6, 6.07) is 9.60. The van der Waals surface area contributed by atoms with Crippen LogP contribution in [0, 0.1) is 0 Å². The number of hydrogen-bond acceptors (Lipinski definition) is 4. The molecule has 1 aromatic carbocycles. The molecular weight excluding hydrogens is 268 g/mol. The number of amides is 1. The molecule has 112 valence electrons. The van der Waals surface area contributed by atoms with E-state index in [4.69, 9.17) is 10.5 Å². The lowest BCUT2D eigenvalue weighted by molar-refractivity contribution is -0.118. The van der Waals surface area contributed by atoms with Crippen molar-refractivity contribution in [1.29, 1.82) is 0 Å². The van der Waals surface area contributed by atoms with E-state index in [0.29, 0.717) is 12.3 Å². The fraction of sp³-hybridized carbons (Fsp3) is 0.333. The van der Waals surface area contributed by atoms with Gasteiger partial charge in [0.1, 0.15) is 5.75 Å². The summed E-state index contributed by atoms with van der Waals surface area (Å²) < 4.78 is 7.52. The van der Waals surface area contributed by atoms with E-state index >= 15 is 0 Å². The molecule has 3 N–H and O–H groups in total. The van der Waals surface area contributed by atoms with Crippen LogP contribution in [0.2, 0.25) is 0 Å². The molecule has 0 aliphatic heterocycles. The lowest BCUT2D eigenvalue weighted by Crippen LogP contribution is -2.15. The zero-order valence-corrected chi connectivity index (χ0v) is 12.1. The number of carbonyl (C=O) groups is 1. The van der Waals surface area contributed by atoms with Gasteiger partial charge in [-0.05, 0) is 25.1 Å². The zero-order valence-electron chi connectivity index (χ0n) is 12.1. The van der Waals surface area contributed by atoms with Crippen molar-refractivity contribution in [3.8, 4) is 5.75 Å². The Hall–Kier alpha value is -2.50. The molecule has 0 fully saturated rings. The maximum atomic E-state index is 10.7. The van der Waals surface area contributed by atoms with Gasteiger partial charge in [-0.2, -0.15) is 5.10 Å². The van der Waals surface area contributed by atoms with Crippen LogP contribution in [0.1, 0.15) is 19.0 Å². The SMILES string of the molecule is CCn1nccc1CNc1ccccc1OCCC(N)=O. The van der Waals surface area contributed by atoms with E-state index in [1.165, 1.54) is 0 Å². The Balaban J connectivity index is 1.98. The minimum Gasteiger partial charge on any atom is -0.491 e. The van der Waals surface area contributed by atoms with Gasteiger partial charge >= 0.3 is 0 Å². The van der Waals surface area contributed by atoms with Crippen LogP contribution in [0.5, 0.6) is 5.75 Å². The van der Waals surface area contributed by atoms with Crippen LogP contribution in [0.3, 0.4) is 0 Å². The first kappa shape index (κ1) is 14.9. The molecule has 0 saturated heterocycles. The van der Waals surface area contributed by atoms with Crippen molar-refractivity contribution in [2.75, 3.05) is 11.9 Å². The highest BCUT2D eigenvalue weighted by Gasteiger charge is 2.05. The summed E-state index contributed by atoms with van der Waals surface area (Å²) >= 11 is 0. The van der Waals surface area contributed by atoms with Crippen molar-refractivity contribution in [1.82, 2.24) is 9.78 Å². The van der Waals surface area contributed by atoms with Gasteiger partial charge in [-0.25, -0.2) is 0 Å². The molecule has 0 aliphatic carbocycles. The molecule has 6 heteroatoms. The second-order valence-electron chi connectivity index (χ2n) is 4.55. The van der Waals surface area contributed by atoms with Crippen LogP contribution >= 0.6 is 0 Å². The lowest BCUT2D eigenvalue weighted by atomic mass is 10.3. The highest BCUT2D eigenvalue weighted by molar-refractivity contribution is 5.73. The third-order valence-corrected chi connectivity index (χ3v) is 3.06. The summed E-state index contributed by atoms with van der Waals surface area (Å²) in [5.74, 6) is 0.341. The Kier molecular flexibility index (Phi) is 5.20. The highest BCUT2D eigenvalue weighted by atomic mass is 16.5. The monoisotopic (exact) mass is 288 g/mol. The number of nitrogens with one attached hydrogen (secondary N) is 1. The van der Waals surface area contributed by atoms with Gasteiger partial charge in [0.25, 0.3) is 0 Å². The molecule has 2 rings (SSSR count). The first-order chi connectivity index (χ1) is 10.2. The lowest BCUT2D eigenvalue weighted by Gasteiger charge is -2.13. The van der Waals surface area contributed by atoms with Gasteiger partial charge in [0.05, 0.1) is 31.0 Å². The second-order valence-corrected chi connectivity index (χ2v) is 4.55. The maximum Gasteiger partial charge on any atom is 0.220 e. The predicted molar refractivity (Wildman–Crippen MR) is 81.0 cm³/mol. The highest BCUT2D eigenvalue weighted by Crippen LogP contribution is 2.24. The molecule has 0 radical (unpaired) electrons. The molecular formula is C15H20N4O2. The molecule has 1 heterocycles. The number of ether oxygens (including phenoxy) is 1. The Bertz CT molecular complexity index is 595. The van der Waals surface area contributed by atoms with E-state index in [0.717, 1.165) is 17.9 Å². The maximum absolute atomic E-state index is 10.7. The van der Waals surface area contributed by atoms with Crippen molar-refractivity contribution >= 4 is 11.6 Å². The molecule has 0 atom stereocenters. The number of hydrogen-bond donors (Lipinski definition) is 2. The van der Waals surface area contributed by atoms with Crippen LogP contribution < -0.4 is 15.8 Å². The van der Waals surface area contributed by atoms with Gasteiger partial charge in [-0.3, -0.25) is 9.48 Å². The van der Waals surface area contributed by atoms with Gasteiger partial charge in [0, 0.05) is 12.7 Å². The minimum absolute atomic E-state index is 0.205. The topological polar surface area (TPSA) is 82.2 Å². The van der Waals surface area contributed by atoms with Crippen LogP contribution in [-0.4, -0.2) is 22.3 Å². The van der Waals surface area contributed by atoms with Crippen molar-refractivity contribution in [2.24, 2.45) is 5.73 Å². The van der Waals surface area contributed by atoms with Crippen LogP contribution in [0.25, 0.3) is 0 Å². The second kappa shape index (κ2) is 7.33. The molecule has 1 amide bonds. The normalized spacial score (nSPS) is 10.3. The number of aromatic nitrogens is 2. The summed E-state index contributed by atoms with van der Waals surface area (Å²) in [5, 5.41) is 7.56. The molecule has 1 aromatic heterocycles. The van der Waals surface area contributed by atoms with Gasteiger partial charge in [-0.1, -0.05) is 12.1 Å². The minimum atomic E-state index is -0.368. The molecule has 0 bridgehead atoms. The first-order valence-corrected chi connectivity index (χ1v) is 6.95. The molecule has 6 nitrogen and oxygen atoms in total. The third-order valence-electron chi connectivity index (χ3n) is 3.06. The quantitative estimate of drug-likeness (QED) is 0.775. The van der Waals surface area contributed by atoms with Gasteiger partial charge < -0.3 is 15.8 Å². The van der Waals surface area contributed by atoms with E-state index in [-0.39, 0.29) is 18.9 Å². The number of nitrogens with two attached hydrogens (primary N) is 1. The largest absolute Gasteiger partial charge is 0.491 e. The van der Waals surface area contributed by atoms with E-state index in [1.54, 1.807) is 6.20 Å². The van der Waals surface area contributed by atoms with Gasteiger partial charge in [-0.15, -0.1) is 0 Å². The van der Waals surface area contributed by atoms with Crippen LogP contribution in [-0.2, 0) is 17.9 Å². The van der Waals surface area contributed by atoms with E-state index in [2.05, 4.69) is 17.3 Å². The Morgan fingerprint density at radius 3 is 2.95 bits per heavy atom. The number of rotatable bonds is 8. The van der Waals surface area contributed by atoms with Crippen molar-refractivity contribution in [3.63, 3.8) is 0 Å². The van der Waals surface area contributed by atoms with Gasteiger partial charge in [0.15, 0.2) is 0 Å². The Morgan fingerprint density at radius 2 is 2.19 bits per heavy atom. The first-order valence-electron chi connectivity index (χ1n) is 6.95. The Labute approximate surface area is 123 Å². The summed E-state index contributed by atoms with van der Waals surface area (Å²) in [7, 11) is 0. The number of primary amides is 1. The summed E-state index contributed by atoms with van der Waals surface area (Å²) in [6.45, 7) is 3.82. The number of benzene rings is 1. The van der Waals surface area contributed by atoms with Gasteiger partial charge in [0.2, 0.25) is 5.91 Å². The van der Waals surface area contributed by atoms with E-state index < -0.39 is 0 Å². The predicted octanol–water partition coefficient (Wildman–Crippen LogP) is 1.77. The van der Waals surface area contributed by atoms with Crippen molar-refractivity contribution < 1.29 is 9.53 Å². The molecule has 0 unspecified atom stereocenters. The molecule has 2 aromatic rings. The Morgan fingerprint density at radius 1 is 1.38 bits per heavy atom. The number of para-hydroxylation sites is 2. The average molecular weight is 288 g/mol. The smallest absolute Gasteiger partial charge is 0.220 e. The standard InChI is InChI=1S/C15H20N4O2/c1-2-19-12(7-9-18-19)11-17-13-5-3-4-6-14(13)21-10-8-15(16)20/h3-7,9,17H,2,8,10-11H2,1H3,(H2,16,20). The van der Waals surface area contributed by atoms with Crippen LogP contribution in [0.4, 0.5) is 5.69 Å². The molecule has 0 saturated carbocycles. The van der Waals surface area contributed by atoms with E-state index in [1.807, 2.05) is 35.0 Å². The third kappa shape index (κ3) is 4.24. The molecule has 21 heavy (non-hydrogen) atoms. The number of carbonyl (C=O) groups excluding carboxylic acids is 1. The van der Waals surface area contributed by atoms with Crippen molar-refractivity contribution in [2.45, 2.75) is 26.4 Å².